The van der Waals surface area contributed by atoms with E-state index >= 15 is 4.39 Å². The van der Waals surface area contributed by atoms with Crippen molar-refractivity contribution in [2.24, 2.45) is 7.05 Å². The van der Waals surface area contributed by atoms with Gasteiger partial charge in [0.05, 0.1) is 35.6 Å². The van der Waals surface area contributed by atoms with E-state index in [0.29, 0.717) is 11.2 Å². The molecule has 0 aliphatic carbocycles. The minimum absolute atomic E-state index is 0.0186. The van der Waals surface area contributed by atoms with Gasteiger partial charge in [0.1, 0.15) is 18.7 Å². The van der Waals surface area contributed by atoms with Crippen molar-refractivity contribution < 1.29 is 23.9 Å². The second-order valence-corrected chi connectivity index (χ2v) is 7.34. The summed E-state index contributed by atoms with van der Waals surface area (Å²) < 4.78 is 22.8. The van der Waals surface area contributed by atoms with E-state index in [2.05, 4.69) is 44.9 Å². The molecule has 1 aromatic heterocycles. The molecule has 36 heavy (non-hydrogen) atoms. The summed E-state index contributed by atoms with van der Waals surface area (Å²) in [5.74, 6) is -1.21. The quantitative estimate of drug-likeness (QED) is 0.153. The van der Waals surface area contributed by atoms with Gasteiger partial charge in [0.2, 0.25) is 0 Å². The van der Waals surface area contributed by atoms with Crippen LogP contribution >= 0.6 is 15.9 Å². The second kappa shape index (κ2) is 18.0. The summed E-state index contributed by atoms with van der Waals surface area (Å²) in [6, 6.07) is 7.09. The monoisotopic (exact) mass is 566 g/mol. The molecule has 0 saturated heterocycles. The molecule has 0 bridgehead atoms. The average molecular weight is 568 g/mol. The molecule has 0 unspecified atom stereocenters. The van der Waals surface area contributed by atoms with Crippen molar-refractivity contribution in [2.75, 3.05) is 18.5 Å². The van der Waals surface area contributed by atoms with E-state index in [1.165, 1.54) is 12.6 Å². The summed E-state index contributed by atoms with van der Waals surface area (Å²) in [5, 5.41) is 10.4. The van der Waals surface area contributed by atoms with Crippen molar-refractivity contribution in [1.29, 1.82) is 0 Å². The molecule has 3 N–H and O–H groups in total. The molecule has 0 aliphatic heterocycles. The highest BCUT2D eigenvalue weighted by Gasteiger charge is 2.22. The van der Waals surface area contributed by atoms with Crippen LogP contribution in [0.3, 0.4) is 0 Å². The Balaban J connectivity index is 0.00000159. The second-order valence-electron chi connectivity index (χ2n) is 6.42. The van der Waals surface area contributed by atoms with Crippen LogP contribution in [0.5, 0.6) is 0 Å². The average Bonchev–Trinajstić information content (AvgIpc) is 3.25. The Hall–Kier alpha value is -3.37. The van der Waals surface area contributed by atoms with Crippen LogP contribution in [-0.2, 0) is 16.6 Å². The number of ether oxygens (including phenoxy) is 1. The number of amides is 1. The van der Waals surface area contributed by atoms with E-state index in [4.69, 9.17) is 14.7 Å². The number of nitrogens with one attached hydrogen (secondary N) is 2. The highest BCUT2D eigenvalue weighted by Crippen LogP contribution is 2.32. The summed E-state index contributed by atoms with van der Waals surface area (Å²) in [7, 11) is 1.73. The molecule has 1 heterocycles. The molecule has 0 radical (unpaired) electrons. The molecule has 0 atom stereocenters. The van der Waals surface area contributed by atoms with Crippen LogP contribution in [0.15, 0.2) is 60.7 Å². The van der Waals surface area contributed by atoms with Crippen LogP contribution in [-0.4, -0.2) is 33.8 Å². The number of halogens is 2. The number of carbonyl (C=O) groups excluding carboxylic acids is 1. The molecule has 0 fully saturated rings. The fraction of sp³-hybridized carbons (Fsp3) is 0.308. The Labute approximate surface area is 220 Å². The normalized spacial score (nSPS) is 9.33. The van der Waals surface area contributed by atoms with Crippen LogP contribution in [0.25, 0.3) is 11.0 Å². The molecule has 8 nitrogen and oxygen atoms in total. The first kappa shape index (κ1) is 32.6. The third-order valence-electron chi connectivity index (χ3n) is 4.24. The van der Waals surface area contributed by atoms with E-state index in [1.807, 2.05) is 46.8 Å². The van der Waals surface area contributed by atoms with Gasteiger partial charge in [-0.2, -0.15) is 0 Å². The zero-order valence-corrected chi connectivity index (χ0v) is 23.3. The van der Waals surface area contributed by atoms with Gasteiger partial charge < -0.3 is 19.7 Å². The van der Waals surface area contributed by atoms with Crippen molar-refractivity contribution in [1.82, 2.24) is 15.0 Å². The highest BCUT2D eigenvalue weighted by atomic mass is 79.9. The van der Waals surface area contributed by atoms with Gasteiger partial charge in [-0.05, 0) is 36.8 Å². The van der Waals surface area contributed by atoms with Crippen molar-refractivity contribution in [3.05, 3.63) is 77.7 Å². The lowest BCUT2D eigenvalue weighted by Crippen LogP contribution is -2.26. The largest absolute Gasteiger partial charge is 0.516 e. The van der Waals surface area contributed by atoms with Crippen LogP contribution in [0.1, 0.15) is 43.6 Å². The Morgan fingerprint density at radius 2 is 1.86 bits per heavy atom. The number of aliphatic hydroxyl groups excluding tert-OH is 1. The first-order valence-electron chi connectivity index (χ1n) is 11.4. The highest BCUT2D eigenvalue weighted by molar-refractivity contribution is 9.10. The molecule has 1 amide bonds. The molecule has 2 aromatic carbocycles. The predicted molar refractivity (Wildman–Crippen MR) is 148 cm³/mol. The lowest BCUT2D eigenvalue weighted by Gasteiger charge is -2.16. The summed E-state index contributed by atoms with van der Waals surface area (Å²) in [4.78, 5) is 21.9. The van der Waals surface area contributed by atoms with Gasteiger partial charge in [0.15, 0.2) is 5.82 Å². The zero-order valence-electron chi connectivity index (χ0n) is 21.7. The maximum atomic E-state index is 15.3. The minimum atomic E-state index is -0.620. The fourth-order valence-corrected chi connectivity index (χ4v) is 3.25. The van der Waals surface area contributed by atoms with E-state index in [9.17, 15) is 4.79 Å². The fourth-order valence-electron chi connectivity index (χ4n) is 2.77. The van der Waals surface area contributed by atoms with Crippen LogP contribution in [0, 0.1) is 12.7 Å². The number of nitrogens with zero attached hydrogens (tertiary/aromatic N) is 2. The number of aryl methyl sites for hydroxylation is 2. The van der Waals surface area contributed by atoms with Crippen molar-refractivity contribution in [3.8, 4) is 0 Å². The number of hydrogen-bond acceptors (Lipinski definition) is 6. The van der Waals surface area contributed by atoms with E-state index in [-0.39, 0.29) is 30.0 Å². The van der Waals surface area contributed by atoms with E-state index < -0.39 is 11.7 Å². The van der Waals surface area contributed by atoms with E-state index in [0.717, 1.165) is 16.3 Å². The molecule has 10 heteroatoms. The topological polar surface area (TPSA) is 97.6 Å². The molecule has 3 rings (SSSR count). The lowest BCUT2D eigenvalue weighted by atomic mass is 10.1. The third-order valence-corrected chi connectivity index (χ3v) is 4.73. The van der Waals surface area contributed by atoms with Crippen LogP contribution < -0.4 is 10.8 Å². The first-order valence-corrected chi connectivity index (χ1v) is 12.2. The number of aromatic nitrogens is 2. The molecular formula is C26H36BrFN4O4. The van der Waals surface area contributed by atoms with Crippen molar-refractivity contribution in [2.45, 2.75) is 34.6 Å². The Bertz CT molecular complexity index is 1120. The van der Waals surface area contributed by atoms with Crippen LogP contribution in [0.2, 0.25) is 0 Å². The number of hydroxylamine groups is 1. The molecule has 0 spiro atoms. The van der Waals surface area contributed by atoms with Crippen LogP contribution in [0.4, 0.5) is 15.8 Å². The molecule has 198 valence electrons. The SMILES string of the molecule is C=CO.C=COCCONC(=O)c1cc2c(ncn2C)c(F)c1Nc1ccc(Br)cc1C.CC.CC. The van der Waals surface area contributed by atoms with Gasteiger partial charge in [-0.3, -0.25) is 9.63 Å². The van der Waals surface area contributed by atoms with E-state index in [1.54, 1.807) is 23.7 Å². The number of hydrogen-bond donors (Lipinski definition) is 3. The van der Waals surface area contributed by atoms with Gasteiger partial charge in [-0.1, -0.05) is 56.8 Å². The van der Waals surface area contributed by atoms with Gasteiger partial charge in [0, 0.05) is 17.2 Å². The van der Waals surface area contributed by atoms with Gasteiger partial charge in [-0.15, -0.1) is 0 Å². The third kappa shape index (κ3) is 9.35. The lowest BCUT2D eigenvalue weighted by molar-refractivity contribution is 0.0145. The zero-order chi connectivity index (χ0) is 27.7. The number of imidazole rings is 1. The maximum Gasteiger partial charge on any atom is 0.277 e. The molecule has 3 aromatic rings. The Morgan fingerprint density at radius 1 is 1.22 bits per heavy atom. The number of rotatable bonds is 8. The Morgan fingerprint density at radius 3 is 2.44 bits per heavy atom. The number of anilines is 2. The summed E-state index contributed by atoms with van der Waals surface area (Å²) >= 11 is 3.40. The van der Waals surface area contributed by atoms with Crippen molar-refractivity contribution in [3.63, 3.8) is 0 Å². The smallest absolute Gasteiger partial charge is 0.277 e. The number of carbonyl (C=O) groups is 1. The summed E-state index contributed by atoms with van der Waals surface area (Å²) in [6.07, 6.45) is 3.52. The molecule has 0 saturated carbocycles. The summed E-state index contributed by atoms with van der Waals surface area (Å²) in [6.45, 7) is 16.6. The summed E-state index contributed by atoms with van der Waals surface area (Å²) in [5.41, 5.74) is 4.62. The Kier molecular flexibility index (Phi) is 16.3. The predicted octanol–water partition coefficient (Wildman–Crippen LogP) is 7.09. The number of aliphatic hydroxyl groups is 1. The number of fused-ring (bicyclic) bond motifs is 1. The number of benzene rings is 2. The molecular weight excluding hydrogens is 531 g/mol. The minimum Gasteiger partial charge on any atom is -0.516 e. The van der Waals surface area contributed by atoms with Gasteiger partial charge in [0.25, 0.3) is 5.91 Å². The standard InChI is InChI=1S/C20H20BrFN4O3.C2H4O.2C2H6/c1-4-28-7-8-29-25-20(27)14-10-16-19(23-11-26(16)3)17(22)18(14)24-15-6-5-13(21)9-12(15)2;1-2-3;2*1-2/h4-6,9-11,24H,1,7-8H2,2-3H3,(H,25,27);2-3H,1H2;2*1-2H3. The maximum absolute atomic E-state index is 15.3. The van der Waals surface area contributed by atoms with Crippen molar-refractivity contribution >= 4 is 44.2 Å². The first-order chi connectivity index (χ1) is 17.3. The van der Waals surface area contributed by atoms with Gasteiger partial charge >= 0.3 is 0 Å². The van der Waals surface area contributed by atoms with Gasteiger partial charge in [-0.25, -0.2) is 14.9 Å². The molecule has 0 aliphatic rings.